The van der Waals surface area contributed by atoms with E-state index in [1.165, 1.54) is 4.90 Å². The molecule has 0 aliphatic carbocycles. The average Bonchev–Trinajstić information content (AvgIpc) is 2.48. The van der Waals surface area contributed by atoms with Gasteiger partial charge in [0.2, 0.25) is 0 Å². The quantitative estimate of drug-likeness (QED) is 0.913. The van der Waals surface area contributed by atoms with Gasteiger partial charge >= 0.3 is 6.03 Å². The van der Waals surface area contributed by atoms with Gasteiger partial charge in [0.05, 0.1) is 26.0 Å². The Balaban J connectivity index is 2.21. The molecule has 1 aromatic carbocycles. The van der Waals surface area contributed by atoms with E-state index in [1.807, 2.05) is 18.2 Å². The Labute approximate surface area is 119 Å². The van der Waals surface area contributed by atoms with Crippen molar-refractivity contribution in [3.8, 4) is 5.75 Å². The van der Waals surface area contributed by atoms with Crippen LogP contribution in [0.25, 0.3) is 0 Å². The molecule has 0 radical (unpaired) electrons. The van der Waals surface area contributed by atoms with E-state index in [9.17, 15) is 4.79 Å². The third kappa shape index (κ3) is 3.33. The Morgan fingerprint density at radius 3 is 2.65 bits per heavy atom. The van der Waals surface area contributed by atoms with Crippen LogP contribution in [0, 0.1) is 0 Å². The minimum atomic E-state index is -0.178. The second-order valence-electron chi connectivity index (χ2n) is 4.81. The van der Waals surface area contributed by atoms with Gasteiger partial charge in [0.25, 0.3) is 0 Å². The standard InChI is InChI=1S/C14H21N3O3/c1-16(2)14(18)15-12-10-11(4-5-13(12)19-3)17-6-8-20-9-7-17/h4-5,10H,6-9H2,1-3H3,(H,15,18). The number of benzene rings is 1. The second-order valence-corrected chi connectivity index (χ2v) is 4.81. The number of morpholine rings is 1. The summed E-state index contributed by atoms with van der Waals surface area (Å²) in [6, 6.07) is 5.62. The van der Waals surface area contributed by atoms with Gasteiger partial charge in [-0.25, -0.2) is 4.79 Å². The first-order chi connectivity index (χ1) is 9.61. The molecule has 1 aliphatic rings. The summed E-state index contributed by atoms with van der Waals surface area (Å²) in [5.74, 6) is 0.650. The Kier molecular flexibility index (Phi) is 4.68. The number of ether oxygens (including phenoxy) is 2. The molecule has 20 heavy (non-hydrogen) atoms. The van der Waals surface area contributed by atoms with Crippen LogP contribution in [0.2, 0.25) is 0 Å². The topological polar surface area (TPSA) is 54.0 Å². The van der Waals surface area contributed by atoms with Gasteiger partial charge in [0.15, 0.2) is 0 Å². The monoisotopic (exact) mass is 279 g/mol. The summed E-state index contributed by atoms with van der Waals surface area (Å²) in [6.07, 6.45) is 0. The van der Waals surface area contributed by atoms with Gasteiger partial charge in [-0.2, -0.15) is 0 Å². The molecule has 6 nitrogen and oxygen atoms in total. The number of methoxy groups -OCH3 is 1. The van der Waals surface area contributed by atoms with Crippen molar-refractivity contribution in [2.75, 3.05) is 57.7 Å². The van der Waals surface area contributed by atoms with Gasteiger partial charge in [0, 0.05) is 32.9 Å². The summed E-state index contributed by atoms with van der Waals surface area (Å²) in [5, 5.41) is 2.84. The smallest absolute Gasteiger partial charge is 0.321 e. The summed E-state index contributed by atoms with van der Waals surface area (Å²) in [4.78, 5) is 15.5. The fourth-order valence-corrected chi connectivity index (χ4v) is 2.04. The maximum absolute atomic E-state index is 11.8. The van der Waals surface area contributed by atoms with Crippen LogP contribution in [0.3, 0.4) is 0 Å². The number of carbonyl (C=O) groups is 1. The van der Waals surface area contributed by atoms with Gasteiger partial charge < -0.3 is 24.6 Å². The first kappa shape index (κ1) is 14.5. The Hall–Kier alpha value is -1.95. The van der Waals surface area contributed by atoms with Crippen molar-refractivity contribution in [2.24, 2.45) is 0 Å². The van der Waals surface area contributed by atoms with Crippen molar-refractivity contribution < 1.29 is 14.3 Å². The Morgan fingerprint density at radius 1 is 1.35 bits per heavy atom. The molecule has 0 atom stereocenters. The van der Waals surface area contributed by atoms with E-state index in [2.05, 4.69) is 10.2 Å². The zero-order chi connectivity index (χ0) is 14.5. The number of nitrogens with one attached hydrogen (secondary N) is 1. The summed E-state index contributed by atoms with van der Waals surface area (Å²) < 4.78 is 10.6. The van der Waals surface area contributed by atoms with Crippen molar-refractivity contribution in [1.82, 2.24) is 4.90 Å². The lowest BCUT2D eigenvalue weighted by molar-refractivity contribution is 0.122. The molecule has 1 fully saturated rings. The SMILES string of the molecule is COc1ccc(N2CCOCC2)cc1NC(=O)N(C)C. The summed E-state index contributed by atoms with van der Waals surface area (Å²) in [5.41, 5.74) is 1.73. The zero-order valence-electron chi connectivity index (χ0n) is 12.2. The van der Waals surface area contributed by atoms with Crippen molar-refractivity contribution >= 4 is 17.4 Å². The maximum atomic E-state index is 11.8. The molecule has 110 valence electrons. The molecule has 0 saturated carbocycles. The number of urea groups is 1. The molecular weight excluding hydrogens is 258 g/mol. The number of hydrogen-bond donors (Lipinski definition) is 1. The Morgan fingerprint density at radius 2 is 2.05 bits per heavy atom. The second kappa shape index (κ2) is 6.47. The predicted octanol–water partition coefficient (Wildman–Crippen LogP) is 1.63. The van der Waals surface area contributed by atoms with E-state index >= 15 is 0 Å². The third-order valence-corrected chi connectivity index (χ3v) is 3.21. The van der Waals surface area contributed by atoms with Gasteiger partial charge in [-0.3, -0.25) is 0 Å². The number of rotatable bonds is 3. The van der Waals surface area contributed by atoms with Gasteiger partial charge in [0.1, 0.15) is 5.75 Å². The largest absolute Gasteiger partial charge is 0.495 e. The zero-order valence-corrected chi connectivity index (χ0v) is 12.2. The highest BCUT2D eigenvalue weighted by Crippen LogP contribution is 2.30. The Bertz CT molecular complexity index is 471. The van der Waals surface area contributed by atoms with Crippen LogP contribution in [-0.4, -0.2) is 58.4 Å². The highest BCUT2D eigenvalue weighted by Gasteiger charge is 2.15. The summed E-state index contributed by atoms with van der Waals surface area (Å²) in [6.45, 7) is 3.16. The van der Waals surface area contributed by atoms with E-state index in [0.717, 1.165) is 32.0 Å². The van der Waals surface area contributed by atoms with Crippen LogP contribution in [0.15, 0.2) is 18.2 Å². The van der Waals surface area contributed by atoms with Crippen molar-refractivity contribution in [3.05, 3.63) is 18.2 Å². The van der Waals surface area contributed by atoms with Gasteiger partial charge in [-0.05, 0) is 18.2 Å². The van der Waals surface area contributed by atoms with E-state index in [4.69, 9.17) is 9.47 Å². The van der Waals surface area contributed by atoms with E-state index in [-0.39, 0.29) is 6.03 Å². The molecule has 1 saturated heterocycles. The lowest BCUT2D eigenvalue weighted by atomic mass is 10.2. The number of nitrogens with zero attached hydrogens (tertiary/aromatic N) is 2. The van der Waals surface area contributed by atoms with E-state index in [1.54, 1.807) is 21.2 Å². The fourth-order valence-electron chi connectivity index (χ4n) is 2.04. The molecule has 0 spiro atoms. The minimum Gasteiger partial charge on any atom is -0.495 e. The molecule has 0 unspecified atom stereocenters. The minimum absolute atomic E-state index is 0.178. The van der Waals surface area contributed by atoms with Crippen molar-refractivity contribution in [1.29, 1.82) is 0 Å². The van der Waals surface area contributed by atoms with Crippen LogP contribution in [0.4, 0.5) is 16.2 Å². The summed E-state index contributed by atoms with van der Waals surface area (Å²) >= 11 is 0. The fraction of sp³-hybridized carbons (Fsp3) is 0.500. The van der Waals surface area contributed by atoms with Crippen LogP contribution in [0.1, 0.15) is 0 Å². The summed E-state index contributed by atoms with van der Waals surface area (Å²) in [7, 11) is 5.00. The predicted molar refractivity (Wildman–Crippen MR) is 78.7 cm³/mol. The van der Waals surface area contributed by atoms with E-state index in [0.29, 0.717) is 11.4 Å². The third-order valence-electron chi connectivity index (χ3n) is 3.21. The molecular formula is C14H21N3O3. The lowest BCUT2D eigenvalue weighted by Gasteiger charge is -2.29. The lowest BCUT2D eigenvalue weighted by Crippen LogP contribution is -2.36. The highest BCUT2D eigenvalue weighted by molar-refractivity contribution is 5.91. The van der Waals surface area contributed by atoms with Crippen LogP contribution in [0.5, 0.6) is 5.75 Å². The van der Waals surface area contributed by atoms with Crippen molar-refractivity contribution in [3.63, 3.8) is 0 Å². The number of amides is 2. The highest BCUT2D eigenvalue weighted by atomic mass is 16.5. The molecule has 1 N–H and O–H groups in total. The molecule has 2 amide bonds. The maximum Gasteiger partial charge on any atom is 0.321 e. The molecule has 1 aromatic rings. The van der Waals surface area contributed by atoms with Crippen LogP contribution < -0.4 is 15.0 Å². The molecule has 1 aliphatic heterocycles. The van der Waals surface area contributed by atoms with Gasteiger partial charge in [-0.15, -0.1) is 0 Å². The molecule has 2 rings (SSSR count). The first-order valence-electron chi connectivity index (χ1n) is 6.61. The normalized spacial score (nSPS) is 14.8. The molecule has 0 bridgehead atoms. The molecule has 6 heteroatoms. The van der Waals surface area contributed by atoms with Gasteiger partial charge in [-0.1, -0.05) is 0 Å². The molecule has 0 aromatic heterocycles. The molecule has 1 heterocycles. The first-order valence-corrected chi connectivity index (χ1v) is 6.61. The average molecular weight is 279 g/mol. The van der Waals surface area contributed by atoms with Crippen LogP contribution in [-0.2, 0) is 4.74 Å². The number of anilines is 2. The number of hydrogen-bond acceptors (Lipinski definition) is 4. The van der Waals surface area contributed by atoms with E-state index < -0.39 is 0 Å². The van der Waals surface area contributed by atoms with Crippen LogP contribution >= 0.6 is 0 Å². The number of carbonyl (C=O) groups excluding carboxylic acids is 1. The van der Waals surface area contributed by atoms with Crippen molar-refractivity contribution in [2.45, 2.75) is 0 Å².